The van der Waals surface area contributed by atoms with Gasteiger partial charge >= 0.3 is 0 Å². The SMILES string of the molecule is O=C(Nc1ncc(Cc2ccc(Cl)cc2)s1)C1CCC1. The molecule has 20 heavy (non-hydrogen) atoms. The van der Waals surface area contributed by atoms with Crippen molar-refractivity contribution in [3.8, 4) is 0 Å². The van der Waals surface area contributed by atoms with E-state index >= 15 is 0 Å². The highest BCUT2D eigenvalue weighted by atomic mass is 35.5. The molecule has 1 saturated carbocycles. The quantitative estimate of drug-likeness (QED) is 0.923. The van der Waals surface area contributed by atoms with E-state index in [9.17, 15) is 4.79 Å². The molecule has 0 atom stereocenters. The van der Waals surface area contributed by atoms with Gasteiger partial charge in [0.15, 0.2) is 5.13 Å². The van der Waals surface area contributed by atoms with Crippen LogP contribution < -0.4 is 5.32 Å². The molecule has 0 aliphatic heterocycles. The third kappa shape index (κ3) is 3.19. The van der Waals surface area contributed by atoms with E-state index in [1.807, 2.05) is 30.5 Å². The van der Waals surface area contributed by atoms with Crippen molar-refractivity contribution in [2.24, 2.45) is 5.92 Å². The molecule has 0 saturated heterocycles. The molecule has 1 N–H and O–H groups in total. The summed E-state index contributed by atoms with van der Waals surface area (Å²) in [5, 5.41) is 4.35. The number of hydrogen-bond acceptors (Lipinski definition) is 3. The molecule has 104 valence electrons. The Hall–Kier alpha value is -1.39. The van der Waals surface area contributed by atoms with Crippen LogP contribution in [0.25, 0.3) is 0 Å². The standard InChI is InChI=1S/C15H15ClN2OS/c16-12-6-4-10(5-7-12)8-13-9-17-15(20-13)18-14(19)11-2-1-3-11/h4-7,9,11H,1-3,8H2,(H,17,18,19). The average molecular weight is 307 g/mol. The Morgan fingerprint density at radius 1 is 1.35 bits per heavy atom. The Labute approximate surface area is 127 Å². The first-order valence-electron chi connectivity index (χ1n) is 6.71. The van der Waals surface area contributed by atoms with Gasteiger partial charge in [-0.3, -0.25) is 4.79 Å². The second-order valence-electron chi connectivity index (χ2n) is 5.05. The third-order valence-corrected chi connectivity index (χ3v) is 4.72. The molecule has 5 heteroatoms. The minimum absolute atomic E-state index is 0.114. The minimum Gasteiger partial charge on any atom is -0.302 e. The molecule has 3 rings (SSSR count). The zero-order chi connectivity index (χ0) is 13.9. The number of nitrogens with zero attached hydrogens (tertiary/aromatic N) is 1. The largest absolute Gasteiger partial charge is 0.302 e. The predicted molar refractivity (Wildman–Crippen MR) is 82.3 cm³/mol. The zero-order valence-corrected chi connectivity index (χ0v) is 12.5. The fraction of sp³-hybridized carbons (Fsp3) is 0.333. The van der Waals surface area contributed by atoms with E-state index in [2.05, 4.69) is 10.3 Å². The number of amides is 1. The lowest BCUT2D eigenvalue weighted by molar-refractivity contribution is -0.122. The van der Waals surface area contributed by atoms with Crippen molar-refractivity contribution in [2.45, 2.75) is 25.7 Å². The molecule has 1 aromatic heterocycles. The molecule has 2 aromatic rings. The maximum atomic E-state index is 11.8. The normalized spacial score (nSPS) is 14.8. The first kappa shape index (κ1) is 13.6. The Bertz CT molecular complexity index is 605. The summed E-state index contributed by atoms with van der Waals surface area (Å²) in [6, 6.07) is 7.79. The lowest BCUT2D eigenvalue weighted by Crippen LogP contribution is -2.27. The molecule has 0 radical (unpaired) electrons. The van der Waals surface area contributed by atoms with Gasteiger partial charge in [0.1, 0.15) is 0 Å². The fourth-order valence-electron chi connectivity index (χ4n) is 2.13. The molecule has 1 aromatic carbocycles. The molecule has 1 amide bonds. The van der Waals surface area contributed by atoms with Crippen LogP contribution in [0.5, 0.6) is 0 Å². The number of halogens is 1. The lowest BCUT2D eigenvalue weighted by Gasteiger charge is -2.23. The summed E-state index contributed by atoms with van der Waals surface area (Å²) in [5.41, 5.74) is 1.19. The van der Waals surface area contributed by atoms with Gasteiger partial charge in [-0.05, 0) is 30.5 Å². The lowest BCUT2D eigenvalue weighted by atomic mass is 9.85. The van der Waals surface area contributed by atoms with E-state index in [0.717, 1.165) is 35.6 Å². The summed E-state index contributed by atoms with van der Waals surface area (Å²) in [6.07, 6.45) is 5.82. The van der Waals surface area contributed by atoms with Crippen LogP contribution in [0, 0.1) is 5.92 Å². The molecule has 1 aliphatic rings. The maximum absolute atomic E-state index is 11.8. The molecular formula is C15H15ClN2OS. The van der Waals surface area contributed by atoms with Gasteiger partial charge < -0.3 is 5.32 Å². The zero-order valence-electron chi connectivity index (χ0n) is 10.9. The molecule has 3 nitrogen and oxygen atoms in total. The molecule has 1 fully saturated rings. The van der Waals surface area contributed by atoms with Crippen molar-refractivity contribution < 1.29 is 4.79 Å². The van der Waals surface area contributed by atoms with Crippen molar-refractivity contribution in [3.05, 3.63) is 45.9 Å². The number of benzene rings is 1. The number of rotatable bonds is 4. The molecule has 0 unspecified atom stereocenters. The number of aromatic nitrogens is 1. The number of thiazole rings is 1. The van der Waals surface area contributed by atoms with Crippen molar-refractivity contribution >= 4 is 34.0 Å². The number of anilines is 1. The van der Waals surface area contributed by atoms with Crippen LogP contribution in [0.1, 0.15) is 29.7 Å². The van der Waals surface area contributed by atoms with Crippen LogP contribution in [0.2, 0.25) is 5.02 Å². The topological polar surface area (TPSA) is 42.0 Å². The molecule has 1 aliphatic carbocycles. The number of carbonyl (C=O) groups excluding carboxylic acids is 1. The molecular weight excluding hydrogens is 292 g/mol. The summed E-state index contributed by atoms with van der Waals surface area (Å²) >= 11 is 7.40. The van der Waals surface area contributed by atoms with Crippen molar-refractivity contribution in [2.75, 3.05) is 5.32 Å². The van der Waals surface area contributed by atoms with Crippen LogP contribution in [0.3, 0.4) is 0 Å². The smallest absolute Gasteiger partial charge is 0.229 e. The predicted octanol–water partition coefficient (Wildman–Crippen LogP) is 4.13. The van der Waals surface area contributed by atoms with E-state index in [4.69, 9.17) is 11.6 Å². The third-order valence-electron chi connectivity index (χ3n) is 3.55. The van der Waals surface area contributed by atoms with Crippen molar-refractivity contribution in [3.63, 3.8) is 0 Å². The number of nitrogens with one attached hydrogen (secondary N) is 1. The number of hydrogen-bond donors (Lipinski definition) is 1. The van der Waals surface area contributed by atoms with E-state index in [-0.39, 0.29) is 11.8 Å². The Morgan fingerprint density at radius 3 is 2.75 bits per heavy atom. The van der Waals surface area contributed by atoms with Crippen molar-refractivity contribution in [1.82, 2.24) is 4.98 Å². The van der Waals surface area contributed by atoms with E-state index in [1.54, 1.807) is 0 Å². The molecule has 1 heterocycles. The molecule has 0 spiro atoms. The van der Waals surface area contributed by atoms with Crippen LogP contribution >= 0.6 is 22.9 Å². The molecule has 0 bridgehead atoms. The summed E-state index contributed by atoms with van der Waals surface area (Å²) in [7, 11) is 0. The van der Waals surface area contributed by atoms with Crippen LogP contribution in [-0.4, -0.2) is 10.9 Å². The highest BCUT2D eigenvalue weighted by Crippen LogP contribution is 2.29. The van der Waals surface area contributed by atoms with E-state index in [1.165, 1.54) is 16.9 Å². The van der Waals surface area contributed by atoms with Gasteiger partial charge in [-0.25, -0.2) is 4.98 Å². The van der Waals surface area contributed by atoms with Crippen molar-refractivity contribution in [1.29, 1.82) is 0 Å². The first-order chi connectivity index (χ1) is 9.70. The van der Waals surface area contributed by atoms with Gasteiger partial charge in [-0.15, -0.1) is 11.3 Å². The number of carbonyl (C=O) groups is 1. The van der Waals surface area contributed by atoms with Gasteiger partial charge in [-0.1, -0.05) is 30.2 Å². The minimum atomic E-state index is 0.114. The summed E-state index contributed by atoms with van der Waals surface area (Å²) in [4.78, 5) is 17.2. The average Bonchev–Trinajstić information content (AvgIpc) is 2.77. The van der Waals surface area contributed by atoms with Gasteiger partial charge in [0, 0.05) is 28.4 Å². The fourth-order valence-corrected chi connectivity index (χ4v) is 3.10. The van der Waals surface area contributed by atoms with Crippen LogP contribution in [0.15, 0.2) is 30.5 Å². The second-order valence-corrected chi connectivity index (χ2v) is 6.60. The summed E-state index contributed by atoms with van der Waals surface area (Å²) < 4.78 is 0. The van der Waals surface area contributed by atoms with Gasteiger partial charge in [0.25, 0.3) is 0 Å². The monoisotopic (exact) mass is 306 g/mol. The van der Waals surface area contributed by atoms with E-state index < -0.39 is 0 Å². The summed E-state index contributed by atoms with van der Waals surface area (Å²) in [5.74, 6) is 0.308. The first-order valence-corrected chi connectivity index (χ1v) is 7.90. The summed E-state index contributed by atoms with van der Waals surface area (Å²) in [6.45, 7) is 0. The van der Waals surface area contributed by atoms with Crippen LogP contribution in [-0.2, 0) is 11.2 Å². The van der Waals surface area contributed by atoms with Gasteiger partial charge in [0.05, 0.1) is 0 Å². The maximum Gasteiger partial charge on any atom is 0.229 e. The highest BCUT2D eigenvalue weighted by molar-refractivity contribution is 7.15. The highest BCUT2D eigenvalue weighted by Gasteiger charge is 2.25. The van der Waals surface area contributed by atoms with Gasteiger partial charge in [-0.2, -0.15) is 0 Å². The Morgan fingerprint density at radius 2 is 2.10 bits per heavy atom. The Kier molecular flexibility index (Phi) is 4.03. The van der Waals surface area contributed by atoms with Crippen LogP contribution in [0.4, 0.5) is 5.13 Å². The Balaban J connectivity index is 1.61. The van der Waals surface area contributed by atoms with Gasteiger partial charge in [0.2, 0.25) is 5.91 Å². The van der Waals surface area contributed by atoms with E-state index in [0.29, 0.717) is 5.13 Å². The second kappa shape index (κ2) is 5.94.